The first-order valence-electron chi connectivity index (χ1n) is 11.7. The highest BCUT2D eigenvalue weighted by Gasteiger charge is 2.30. The average Bonchev–Trinajstić information content (AvgIpc) is 3.33. The number of unbranched alkanes of at least 4 members (excludes halogenated alkanes) is 1. The van der Waals surface area contributed by atoms with Crippen molar-refractivity contribution in [3.63, 3.8) is 0 Å². The van der Waals surface area contributed by atoms with Crippen LogP contribution in [0.15, 0.2) is 65.1 Å². The van der Waals surface area contributed by atoms with Gasteiger partial charge in [0.2, 0.25) is 6.29 Å². The summed E-state index contributed by atoms with van der Waals surface area (Å²) in [5.74, 6) is 0.103. The number of allylic oxidation sites excluding steroid dienone is 1. The van der Waals surface area contributed by atoms with Gasteiger partial charge in [-0.3, -0.25) is 14.9 Å². The molecule has 2 atom stereocenters. The number of ether oxygens (including phenoxy) is 2. The minimum Gasteiger partial charge on any atom is -0.464 e. The number of hydrogen-bond donors (Lipinski definition) is 3. The van der Waals surface area contributed by atoms with Crippen LogP contribution in [0.3, 0.4) is 0 Å². The number of fused-ring (bicyclic) bond motifs is 1. The van der Waals surface area contributed by atoms with Crippen LogP contribution in [0.4, 0.5) is 11.5 Å². The molecule has 1 amide bonds. The number of nitro groups is 1. The Morgan fingerprint density at radius 1 is 1.22 bits per heavy atom. The van der Waals surface area contributed by atoms with E-state index in [0.717, 1.165) is 16.5 Å². The molecule has 1 aliphatic rings. The highest BCUT2D eigenvalue weighted by Crippen LogP contribution is 2.36. The highest BCUT2D eigenvalue weighted by atomic mass is 16.7. The molecule has 11 heteroatoms. The molecule has 1 aliphatic heterocycles. The Balaban J connectivity index is 1.38. The number of aromatic nitrogens is 1. The monoisotopic (exact) mass is 496 g/mol. The molecule has 4 rings (SSSR count). The molecule has 190 valence electrons. The third-order valence-corrected chi connectivity index (χ3v) is 5.72. The van der Waals surface area contributed by atoms with Gasteiger partial charge in [-0.1, -0.05) is 18.2 Å². The van der Waals surface area contributed by atoms with Crippen LogP contribution in [0.2, 0.25) is 0 Å². The van der Waals surface area contributed by atoms with Crippen molar-refractivity contribution in [3.8, 4) is 0 Å². The quantitative estimate of drug-likeness (QED) is 0.195. The maximum absolute atomic E-state index is 12.9. The number of carbonyl (C=O) groups is 1. The largest absolute Gasteiger partial charge is 0.464 e. The second-order valence-corrected chi connectivity index (χ2v) is 8.25. The molecule has 11 nitrogen and oxygen atoms in total. The van der Waals surface area contributed by atoms with Crippen molar-refractivity contribution in [1.82, 2.24) is 10.3 Å². The van der Waals surface area contributed by atoms with Crippen LogP contribution >= 0.6 is 0 Å². The van der Waals surface area contributed by atoms with E-state index in [1.165, 1.54) is 18.3 Å². The number of anilines is 1. The predicted octanol–water partition coefficient (Wildman–Crippen LogP) is 3.47. The standard InChI is InChI=1S/C25H28N4O7/c30-11-3-4-12-34-24-14-17(20-16-35-21-6-2-1-5-19(20)21)13-22(36-24)25(31)27-10-9-26-23-8-7-18(15-28-23)29(32)33/h1-2,5-8,13,15-17,24,30H,3-4,9-12,14H2,(H,26,28)(H,27,31)/t17-,24+/m1/s1. The third kappa shape index (κ3) is 6.37. The van der Waals surface area contributed by atoms with Crippen molar-refractivity contribution < 1.29 is 28.7 Å². The van der Waals surface area contributed by atoms with Gasteiger partial charge in [0.15, 0.2) is 5.76 Å². The van der Waals surface area contributed by atoms with Crippen molar-refractivity contribution in [1.29, 1.82) is 0 Å². The number of aliphatic hydroxyl groups excluding tert-OH is 1. The van der Waals surface area contributed by atoms with Crippen LogP contribution in [0.25, 0.3) is 11.0 Å². The number of nitrogens with one attached hydrogen (secondary N) is 2. The molecular weight excluding hydrogens is 468 g/mol. The summed E-state index contributed by atoms with van der Waals surface area (Å²) in [7, 11) is 0. The van der Waals surface area contributed by atoms with Gasteiger partial charge in [-0.05, 0) is 31.1 Å². The van der Waals surface area contributed by atoms with Crippen LogP contribution in [-0.2, 0) is 14.3 Å². The first-order valence-corrected chi connectivity index (χ1v) is 11.7. The van der Waals surface area contributed by atoms with E-state index < -0.39 is 11.2 Å². The number of rotatable bonds is 12. The van der Waals surface area contributed by atoms with Gasteiger partial charge in [-0.2, -0.15) is 0 Å². The van der Waals surface area contributed by atoms with Crippen molar-refractivity contribution >= 4 is 28.4 Å². The third-order valence-electron chi connectivity index (χ3n) is 5.72. The molecule has 3 heterocycles. The molecule has 3 aromatic rings. The van der Waals surface area contributed by atoms with E-state index in [4.69, 9.17) is 19.0 Å². The minimum atomic E-state index is -0.615. The molecule has 0 fully saturated rings. The van der Waals surface area contributed by atoms with Gasteiger partial charge < -0.3 is 29.6 Å². The van der Waals surface area contributed by atoms with Gasteiger partial charge in [-0.15, -0.1) is 0 Å². The van der Waals surface area contributed by atoms with Gasteiger partial charge in [0, 0.05) is 49.1 Å². The van der Waals surface area contributed by atoms with E-state index in [1.54, 1.807) is 12.3 Å². The average molecular weight is 497 g/mol. The fourth-order valence-electron chi connectivity index (χ4n) is 3.90. The zero-order valence-electron chi connectivity index (χ0n) is 19.6. The number of aliphatic hydroxyl groups is 1. The van der Waals surface area contributed by atoms with Crippen LogP contribution in [0, 0.1) is 10.1 Å². The summed E-state index contributed by atoms with van der Waals surface area (Å²) in [5.41, 5.74) is 1.63. The van der Waals surface area contributed by atoms with Crippen LogP contribution in [0.5, 0.6) is 0 Å². The number of carbonyl (C=O) groups excluding carboxylic acids is 1. The number of para-hydroxylation sites is 1. The summed E-state index contributed by atoms with van der Waals surface area (Å²) in [5, 5.41) is 26.5. The van der Waals surface area contributed by atoms with Gasteiger partial charge in [0.1, 0.15) is 17.6 Å². The van der Waals surface area contributed by atoms with Gasteiger partial charge in [0.25, 0.3) is 11.6 Å². The zero-order chi connectivity index (χ0) is 25.3. The number of hydrogen-bond acceptors (Lipinski definition) is 9. The van der Waals surface area contributed by atoms with Gasteiger partial charge in [-0.25, -0.2) is 4.98 Å². The molecule has 0 aliphatic carbocycles. The lowest BCUT2D eigenvalue weighted by Gasteiger charge is -2.29. The Morgan fingerprint density at radius 3 is 2.86 bits per heavy atom. The Kier molecular flexibility index (Phi) is 8.48. The molecule has 2 aromatic heterocycles. The Bertz CT molecular complexity index is 1210. The second-order valence-electron chi connectivity index (χ2n) is 8.25. The summed E-state index contributed by atoms with van der Waals surface area (Å²) in [6.45, 7) is 1.14. The van der Waals surface area contributed by atoms with Crippen LogP contribution in [-0.4, -0.2) is 53.5 Å². The van der Waals surface area contributed by atoms with E-state index in [0.29, 0.717) is 38.2 Å². The van der Waals surface area contributed by atoms with E-state index in [2.05, 4.69) is 15.6 Å². The maximum atomic E-state index is 12.9. The molecule has 0 saturated carbocycles. The number of furan rings is 1. The topological polar surface area (TPSA) is 149 Å². The molecule has 0 bridgehead atoms. The highest BCUT2D eigenvalue weighted by molar-refractivity contribution is 5.92. The SMILES string of the molecule is O=C(NCCNc1ccc([N+](=O)[O-])cn1)C1=C[C@@H](c2coc3ccccc23)C[C@@H](OCCCCO)O1. The number of benzene rings is 1. The van der Waals surface area contributed by atoms with Crippen molar-refractivity contribution in [3.05, 3.63) is 76.4 Å². The number of nitrogens with zero attached hydrogens (tertiary/aromatic N) is 2. The lowest BCUT2D eigenvalue weighted by molar-refractivity contribution is -0.385. The van der Waals surface area contributed by atoms with E-state index in [1.807, 2.05) is 24.3 Å². The lowest BCUT2D eigenvalue weighted by Crippen LogP contribution is -2.35. The van der Waals surface area contributed by atoms with E-state index >= 15 is 0 Å². The molecule has 0 radical (unpaired) electrons. The summed E-state index contributed by atoms with van der Waals surface area (Å²) in [4.78, 5) is 27.1. The lowest BCUT2D eigenvalue weighted by atomic mass is 9.92. The van der Waals surface area contributed by atoms with Gasteiger partial charge >= 0.3 is 0 Å². The van der Waals surface area contributed by atoms with E-state index in [9.17, 15) is 14.9 Å². The minimum absolute atomic E-state index is 0.0928. The van der Waals surface area contributed by atoms with Crippen molar-refractivity contribution in [2.45, 2.75) is 31.5 Å². The fourth-order valence-corrected chi connectivity index (χ4v) is 3.90. The Labute approximate surface area is 207 Å². The molecule has 0 spiro atoms. The van der Waals surface area contributed by atoms with Crippen molar-refractivity contribution in [2.24, 2.45) is 0 Å². The summed E-state index contributed by atoms with van der Waals surface area (Å²) < 4.78 is 17.4. The fraction of sp³-hybridized carbons (Fsp3) is 0.360. The summed E-state index contributed by atoms with van der Waals surface area (Å²) in [6, 6.07) is 10.6. The first-order chi connectivity index (χ1) is 17.5. The van der Waals surface area contributed by atoms with Crippen LogP contribution in [0.1, 0.15) is 30.7 Å². The predicted molar refractivity (Wildman–Crippen MR) is 131 cm³/mol. The summed E-state index contributed by atoms with van der Waals surface area (Å²) in [6.07, 6.45) is 5.87. The normalized spacial score (nSPS) is 17.3. The van der Waals surface area contributed by atoms with E-state index in [-0.39, 0.29) is 36.4 Å². The molecule has 0 unspecified atom stereocenters. The molecule has 36 heavy (non-hydrogen) atoms. The zero-order valence-corrected chi connectivity index (χ0v) is 19.6. The Hall–Kier alpha value is -3.96. The summed E-state index contributed by atoms with van der Waals surface area (Å²) >= 11 is 0. The van der Waals surface area contributed by atoms with Gasteiger partial charge in [0.05, 0.1) is 17.8 Å². The smallest absolute Gasteiger partial charge is 0.287 e. The maximum Gasteiger partial charge on any atom is 0.287 e. The first kappa shape index (κ1) is 25.1. The second kappa shape index (κ2) is 12.1. The molecule has 0 saturated heterocycles. The van der Waals surface area contributed by atoms with Crippen molar-refractivity contribution in [2.75, 3.05) is 31.6 Å². The number of amides is 1. The molecule has 3 N–H and O–H groups in total. The molecule has 1 aromatic carbocycles. The Morgan fingerprint density at radius 2 is 2.08 bits per heavy atom. The number of pyridine rings is 1. The molecular formula is C25H28N4O7. The van der Waals surface area contributed by atoms with Crippen LogP contribution < -0.4 is 10.6 Å².